The summed E-state index contributed by atoms with van der Waals surface area (Å²) >= 11 is 0. The quantitative estimate of drug-likeness (QED) is 0.0347. The SMILES string of the molecule is CCC(C)CCCCCCCCCCCCCCCCC(=O)O[C@@H](COC(=O)CCCCCCCCCCCC(C)C)COC(=O)CCCCCCCCC(C)C. The zero-order valence-corrected chi connectivity index (χ0v) is 39.1. The lowest BCUT2D eigenvalue weighted by molar-refractivity contribution is -0.167. The molecule has 0 aliphatic heterocycles. The topological polar surface area (TPSA) is 78.9 Å². The lowest BCUT2D eigenvalue weighted by Gasteiger charge is -2.18. The van der Waals surface area contributed by atoms with Crippen molar-refractivity contribution in [1.29, 1.82) is 0 Å². The minimum atomic E-state index is -0.762. The summed E-state index contributed by atoms with van der Waals surface area (Å²) in [6.07, 6.45) is 41.0. The Kier molecular flexibility index (Phi) is 41.3. The summed E-state index contributed by atoms with van der Waals surface area (Å²) < 4.78 is 16.8. The van der Waals surface area contributed by atoms with Crippen LogP contribution in [0.5, 0.6) is 0 Å². The molecule has 0 heterocycles. The highest BCUT2D eigenvalue weighted by atomic mass is 16.6. The maximum atomic E-state index is 12.8. The molecule has 1 unspecified atom stereocenters. The van der Waals surface area contributed by atoms with E-state index < -0.39 is 6.10 Å². The highest BCUT2D eigenvalue weighted by molar-refractivity contribution is 5.71. The molecular weight excluding hydrogens is 709 g/mol. The van der Waals surface area contributed by atoms with Crippen LogP contribution in [0.15, 0.2) is 0 Å². The molecule has 0 aromatic rings. The van der Waals surface area contributed by atoms with Gasteiger partial charge in [-0.15, -0.1) is 0 Å². The Labute approximate surface area is 355 Å². The Balaban J connectivity index is 4.27. The second kappa shape index (κ2) is 42.5. The molecule has 0 radical (unpaired) electrons. The Hall–Kier alpha value is -1.59. The summed E-state index contributed by atoms with van der Waals surface area (Å²) in [6.45, 7) is 13.7. The fourth-order valence-electron chi connectivity index (χ4n) is 7.55. The largest absolute Gasteiger partial charge is 0.462 e. The van der Waals surface area contributed by atoms with Crippen molar-refractivity contribution in [2.45, 2.75) is 279 Å². The first kappa shape index (κ1) is 55.4. The first-order valence-electron chi connectivity index (χ1n) is 25.1. The van der Waals surface area contributed by atoms with Crippen LogP contribution in [-0.4, -0.2) is 37.2 Å². The number of rotatable bonds is 44. The first-order chi connectivity index (χ1) is 27.6. The van der Waals surface area contributed by atoms with Crippen molar-refractivity contribution in [1.82, 2.24) is 0 Å². The number of unbranched alkanes of at least 4 members (excludes halogenated alkanes) is 26. The van der Waals surface area contributed by atoms with Gasteiger partial charge in [0.05, 0.1) is 0 Å². The van der Waals surface area contributed by atoms with Crippen LogP contribution in [0.4, 0.5) is 0 Å². The van der Waals surface area contributed by atoms with Crippen molar-refractivity contribution in [2.75, 3.05) is 13.2 Å². The normalized spacial score (nSPS) is 12.6. The van der Waals surface area contributed by atoms with Gasteiger partial charge in [0.1, 0.15) is 13.2 Å². The zero-order valence-electron chi connectivity index (χ0n) is 39.1. The molecule has 57 heavy (non-hydrogen) atoms. The van der Waals surface area contributed by atoms with Gasteiger partial charge in [0.25, 0.3) is 0 Å². The molecule has 0 amide bonds. The highest BCUT2D eigenvalue weighted by Gasteiger charge is 2.19. The molecular formula is C51H98O6. The van der Waals surface area contributed by atoms with Crippen LogP contribution in [0, 0.1) is 17.8 Å². The van der Waals surface area contributed by atoms with Crippen LogP contribution < -0.4 is 0 Å². The van der Waals surface area contributed by atoms with E-state index in [0.717, 1.165) is 75.5 Å². The molecule has 0 aliphatic carbocycles. The minimum Gasteiger partial charge on any atom is -0.462 e. The molecule has 0 saturated heterocycles. The van der Waals surface area contributed by atoms with Gasteiger partial charge >= 0.3 is 17.9 Å². The van der Waals surface area contributed by atoms with Gasteiger partial charge in [-0.3, -0.25) is 14.4 Å². The van der Waals surface area contributed by atoms with E-state index in [2.05, 4.69) is 41.5 Å². The molecule has 0 saturated carbocycles. The van der Waals surface area contributed by atoms with E-state index in [-0.39, 0.29) is 31.1 Å². The molecule has 6 nitrogen and oxygen atoms in total. The third kappa shape index (κ3) is 43.8. The molecule has 0 spiro atoms. The van der Waals surface area contributed by atoms with Crippen LogP contribution in [0.3, 0.4) is 0 Å². The maximum absolute atomic E-state index is 12.8. The maximum Gasteiger partial charge on any atom is 0.306 e. The second-order valence-electron chi connectivity index (χ2n) is 18.6. The predicted molar refractivity (Wildman–Crippen MR) is 243 cm³/mol. The summed E-state index contributed by atoms with van der Waals surface area (Å²) in [7, 11) is 0. The van der Waals surface area contributed by atoms with Gasteiger partial charge in [0.15, 0.2) is 6.10 Å². The van der Waals surface area contributed by atoms with Gasteiger partial charge in [-0.1, -0.05) is 234 Å². The number of carbonyl (C=O) groups excluding carboxylic acids is 3. The van der Waals surface area contributed by atoms with Crippen LogP contribution >= 0.6 is 0 Å². The monoisotopic (exact) mass is 807 g/mol. The number of esters is 3. The molecule has 6 heteroatoms. The molecule has 0 rings (SSSR count). The van der Waals surface area contributed by atoms with Crippen LogP contribution in [-0.2, 0) is 28.6 Å². The van der Waals surface area contributed by atoms with Gasteiger partial charge in [0, 0.05) is 19.3 Å². The van der Waals surface area contributed by atoms with E-state index in [9.17, 15) is 14.4 Å². The number of ether oxygens (including phenoxy) is 3. The summed E-state index contributed by atoms with van der Waals surface area (Å²) in [4.78, 5) is 37.8. The molecule has 0 fully saturated rings. The number of hydrogen-bond donors (Lipinski definition) is 0. The van der Waals surface area contributed by atoms with Crippen molar-refractivity contribution in [3.05, 3.63) is 0 Å². The first-order valence-corrected chi connectivity index (χ1v) is 25.1. The molecule has 338 valence electrons. The predicted octanol–water partition coefficient (Wildman–Crippen LogP) is 16.0. The van der Waals surface area contributed by atoms with Crippen LogP contribution in [0.25, 0.3) is 0 Å². The Morgan fingerprint density at radius 3 is 0.912 bits per heavy atom. The molecule has 0 aromatic carbocycles. The van der Waals surface area contributed by atoms with E-state index in [1.165, 1.54) is 154 Å². The Morgan fingerprint density at radius 1 is 0.351 bits per heavy atom. The van der Waals surface area contributed by atoms with Crippen molar-refractivity contribution in [3.63, 3.8) is 0 Å². The molecule has 2 atom stereocenters. The molecule has 0 aromatic heterocycles. The average Bonchev–Trinajstić information content (AvgIpc) is 3.18. The zero-order chi connectivity index (χ0) is 42.0. The van der Waals surface area contributed by atoms with Crippen LogP contribution in [0.2, 0.25) is 0 Å². The summed E-state index contributed by atoms with van der Waals surface area (Å²) in [5, 5.41) is 0. The standard InChI is InChI=1S/C51H98O6/c1-7-47(6)39-33-27-20-16-12-10-8-9-11-13-17-22-30-36-42-51(54)57-48(44-56-50(53)41-35-29-24-23-26-32-38-46(4)5)43-55-49(52)40-34-28-21-18-14-15-19-25-31-37-45(2)3/h45-48H,7-44H2,1-6H3/t47?,48-/m0/s1. The summed E-state index contributed by atoms with van der Waals surface area (Å²) in [6, 6.07) is 0. The van der Waals surface area contributed by atoms with Crippen molar-refractivity contribution < 1.29 is 28.6 Å². The number of carbonyl (C=O) groups is 3. The van der Waals surface area contributed by atoms with E-state index in [1.54, 1.807) is 0 Å². The molecule has 0 N–H and O–H groups in total. The van der Waals surface area contributed by atoms with Crippen molar-refractivity contribution >= 4 is 17.9 Å². The molecule has 0 aliphatic rings. The van der Waals surface area contributed by atoms with Gasteiger partial charge in [-0.25, -0.2) is 0 Å². The van der Waals surface area contributed by atoms with Gasteiger partial charge in [0.2, 0.25) is 0 Å². The fraction of sp³-hybridized carbons (Fsp3) is 0.941. The third-order valence-corrected chi connectivity index (χ3v) is 11.8. The number of hydrogen-bond acceptors (Lipinski definition) is 6. The van der Waals surface area contributed by atoms with Gasteiger partial charge in [-0.2, -0.15) is 0 Å². The van der Waals surface area contributed by atoms with Gasteiger partial charge < -0.3 is 14.2 Å². The Morgan fingerprint density at radius 2 is 0.614 bits per heavy atom. The van der Waals surface area contributed by atoms with E-state index >= 15 is 0 Å². The second-order valence-corrected chi connectivity index (χ2v) is 18.6. The highest BCUT2D eigenvalue weighted by Crippen LogP contribution is 2.18. The van der Waals surface area contributed by atoms with Crippen molar-refractivity contribution in [2.24, 2.45) is 17.8 Å². The third-order valence-electron chi connectivity index (χ3n) is 11.8. The van der Waals surface area contributed by atoms with Crippen LogP contribution in [0.1, 0.15) is 273 Å². The van der Waals surface area contributed by atoms with E-state index in [4.69, 9.17) is 14.2 Å². The minimum absolute atomic E-state index is 0.0660. The lowest BCUT2D eigenvalue weighted by atomic mass is 9.99. The van der Waals surface area contributed by atoms with E-state index in [1.807, 2.05) is 0 Å². The van der Waals surface area contributed by atoms with Crippen molar-refractivity contribution in [3.8, 4) is 0 Å². The lowest BCUT2D eigenvalue weighted by Crippen LogP contribution is -2.30. The molecule has 0 bridgehead atoms. The van der Waals surface area contributed by atoms with Gasteiger partial charge in [-0.05, 0) is 37.0 Å². The summed E-state index contributed by atoms with van der Waals surface area (Å²) in [5.74, 6) is 1.61. The Bertz CT molecular complexity index is 885. The smallest absolute Gasteiger partial charge is 0.306 e. The summed E-state index contributed by atoms with van der Waals surface area (Å²) in [5.41, 5.74) is 0. The fourth-order valence-corrected chi connectivity index (χ4v) is 7.55. The average molecular weight is 807 g/mol. The van der Waals surface area contributed by atoms with E-state index in [0.29, 0.717) is 19.3 Å².